The number of anilines is 2. The monoisotopic (exact) mass is 366 g/mol. The summed E-state index contributed by atoms with van der Waals surface area (Å²) in [6.07, 6.45) is -2.18. The molecule has 9 heteroatoms. The van der Waals surface area contributed by atoms with Crippen molar-refractivity contribution in [3.8, 4) is 0 Å². The van der Waals surface area contributed by atoms with Crippen LogP contribution in [-0.2, 0) is 0 Å². The van der Waals surface area contributed by atoms with Crippen molar-refractivity contribution in [3.05, 3.63) is 47.8 Å². The molecule has 1 saturated carbocycles. The van der Waals surface area contributed by atoms with E-state index in [1.165, 1.54) is 18.5 Å². The Morgan fingerprint density at radius 1 is 1.15 bits per heavy atom. The van der Waals surface area contributed by atoms with Gasteiger partial charge in [-0.25, -0.2) is 18.7 Å². The number of nitrogens with zero attached hydrogens (tertiary/aromatic N) is 3. The van der Waals surface area contributed by atoms with Crippen molar-refractivity contribution < 1.29 is 24.1 Å². The molecule has 1 aromatic carbocycles. The van der Waals surface area contributed by atoms with Gasteiger partial charge in [0.25, 0.3) is 0 Å². The second kappa shape index (κ2) is 7.10. The van der Waals surface area contributed by atoms with E-state index in [2.05, 4.69) is 9.97 Å². The van der Waals surface area contributed by atoms with E-state index in [1.54, 1.807) is 11.9 Å². The van der Waals surface area contributed by atoms with E-state index in [0.29, 0.717) is 5.82 Å². The van der Waals surface area contributed by atoms with Gasteiger partial charge in [0.1, 0.15) is 24.1 Å². The number of nitrogen functional groups attached to an aromatic ring is 1. The zero-order valence-electron chi connectivity index (χ0n) is 14.0. The highest BCUT2D eigenvalue weighted by Crippen LogP contribution is 2.39. The summed E-state index contributed by atoms with van der Waals surface area (Å²) < 4.78 is 26.5. The van der Waals surface area contributed by atoms with Crippen LogP contribution in [0.1, 0.15) is 18.1 Å². The number of aliphatic hydroxyl groups excluding tert-OH is 3. The molecule has 5 atom stereocenters. The van der Waals surface area contributed by atoms with Gasteiger partial charge < -0.3 is 26.0 Å². The Bertz CT molecular complexity index is 794. The summed E-state index contributed by atoms with van der Waals surface area (Å²) >= 11 is 0. The number of aromatic nitrogens is 2. The normalized spacial score (nSPS) is 26.7. The highest BCUT2D eigenvalue weighted by Gasteiger charge is 2.47. The topological polar surface area (TPSA) is 116 Å². The third-order valence-electron chi connectivity index (χ3n) is 4.92. The average molecular weight is 366 g/mol. The van der Waals surface area contributed by atoms with Crippen molar-refractivity contribution in [3.63, 3.8) is 0 Å². The maximum atomic E-state index is 13.4. The fourth-order valence-corrected chi connectivity index (χ4v) is 3.41. The first-order valence-corrected chi connectivity index (χ1v) is 8.09. The average Bonchev–Trinajstić information content (AvgIpc) is 2.91. The Morgan fingerprint density at radius 3 is 2.54 bits per heavy atom. The molecular formula is C17H20F2N4O3. The Kier molecular flexibility index (Phi) is 5.03. The number of benzene rings is 1. The van der Waals surface area contributed by atoms with Crippen LogP contribution in [0.4, 0.5) is 20.4 Å². The molecule has 3 rings (SSSR count). The fraction of sp³-hybridized carbons (Fsp3) is 0.412. The van der Waals surface area contributed by atoms with Gasteiger partial charge in [0, 0.05) is 19.0 Å². The summed E-state index contributed by atoms with van der Waals surface area (Å²) in [4.78, 5) is 9.53. The quantitative estimate of drug-likeness (QED) is 0.627. The lowest BCUT2D eigenvalue weighted by Crippen LogP contribution is -2.41. The van der Waals surface area contributed by atoms with Gasteiger partial charge in [0.15, 0.2) is 11.6 Å². The van der Waals surface area contributed by atoms with Gasteiger partial charge in [0.05, 0.1) is 18.2 Å². The second-order valence-corrected chi connectivity index (χ2v) is 6.48. The lowest BCUT2D eigenvalue weighted by Gasteiger charge is -2.28. The molecule has 26 heavy (non-hydrogen) atoms. The summed E-state index contributed by atoms with van der Waals surface area (Å²) in [6.45, 7) is 0. The third-order valence-corrected chi connectivity index (χ3v) is 4.92. The fourth-order valence-electron chi connectivity index (χ4n) is 3.41. The molecule has 140 valence electrons. The van der Waals surface area contributed by atoms with E-state index >= 15 is 0 Å². The van der Waals surface area contributed by atoms with Crippen LogP contribution in [0.2, 0.25) is 0 Å². The molecule has 0 amide bonds. The summed E-state index contributed by atoms with van der Waals surface area (Å²) in [5.74, 6) is -2.15. The Balaban J connectivity index is 1.81. The molecule has 2 aromatic rings. The zero-order valence-corrected chi connectivity index (χ0v) is 14.0. The Morgan fingerprint density at radius 2 is 1.88 bits per heavy atom. The van der Waals surface area contributed by atoms with E-state index in [9.17, 15) is 24.1 Å². The molecule has 5 N–H and O–H groups in total. The van der Waals surface area contributed by atoms with Crippen LogP contribution in [0, 0.1) is 17.6 Å². The molecule has 1 heterocycles. The van der Waals surface area contributed by atoms with Gasteiger partial charge in [-0.3, -0.25) is 0 Å². The van der Waals surface area contributed by atoms with Crippen molar-refractivity contribution >= 4 is 11.6 Å². The van der Waals surface area contributed by atoms with Crippen LogP contribution in [0.5, 0.6) is 0 Å². The molecular weight excluding hydrogens is 346 g/mol. The first-order chi connectivity index (χ1) is 12.3. The molecule has 0 saturated heterocycles. The smallest absolute Gasteiger partial charge is 0.159 e. The maximum Gasteiger partial charge on any atom is 0.159 e. The summed E-state index contributed by atoms with van der Waals surface area (Å²) in [6, 6.07) is 4.03. The molecule has 0 unspecified atom stereocenters. The van der Waals surface area contributed by atoms with Crippen LogP contribution < -0.4 is 10.6 Å². The number of hydrogen-bond donors (Lipinski definition) is 4. The van der Waals surface area contributed by atoms with E-state index in [-0.39, 0.29) is 17.8 Å². The highest BCUT2D eigenvalue weighted by atomic mass is 19.2. The van der Waals surface area contributed by atoms with Gasteiger partial charge in [-0.15, -0.1) is 0 Å². The summed E-state index contributed by atoms with van der Waals surface area (Å²) in [7, 11) is 1.68. The molecule has 1 aliphatic rings. The van der Waals surface area contributed by atoms with Crippen LogP contribution in [-0.4, -0.2) is 50.6 Å². The van der Waals surface area contributed by atoms with E-state index in [1.807, 2.05) is 0 Å². The van der Waals surface area contributed by atoms with Gasteiger partial charge in [-0.2, -0.15) is 0 Å². The molecule has 1 fully saturated rings. The predicted molar refractivity (Wildman–Crippen MR) is 90.1 cm³/mol. The van der Waals surface area contributed by atoms with E-state index in [4.69, 9.17) is 5.73 Å². The number of hydrogen-bond acceptors (Lipinski definition) is 7. The van der Waals surface area contributed by atoms with Crippen molar-refractivity contribution in [2.45, 2.75) is 30.8 Å². The van der Waals surface area contributed by atoms with Crippen molar-refractivity contribution in [1.82, 2.24) is 9.97 Å². The van der Waals surface area contributed by atoms with Gasteiger partial charge >= 0.3 is 0 Å². The standard InChI is InChI=1S/C17H20F2N4O3/c1-23(14-6-13(20)21-7-22-14)12-5-9(16(25)17(12)26)15(24)8-2-3-10(18)11(19)4-8/h2-4,6-7,9,12,15-17,24-26H,5H2,1H3,(H2,20,21,22)/t9-,12-,15+,16-,17+/m1/s1. The first-order valence-electron chi connectivity index (χ1n) is 8.09. The first kappa shape index (κ1) is 18.4. The molecule has 0 aliphatic heterocycles. The number of rotatable bonds is 4. The Hall–Kier alpha value is -2.36. The molecule has 1 aromatic heterocycles. The number of likely N-dealkylation sites (N-methyl/N-ethyl adjacent to an activating group) is 1. The second-order valence-electron chi connectivity index (χ2n) is 6.48. The van der Waals surface area contributed by atoms with Gasteiger partial charge in [-0.1, -0.05) is 6.07 Å². The molecule has 0 radical (unpaired) electrons. The van der Waals surface area contributed by atoms with E-state index < -0.39 is 41.9 Å². The van der Waals surface area contributed by atoms with Crippen LogP contribution in [0.15, 0.2) is 30.6 Å². The van der Waals surface area contributed by atoms with Crippen molar-refractivity contribution in [2.75, 3.05) is 17.7 Å². The number of nitrogens with two attached hydrogens (primary N) is 1. The number of halogens is 2. The minimum atomic E-state index is -1.26. The molecule has 0 spiro atoms. The third kappa shape index (κ3) is 3.33. The van der Waals surface area contributed by atoms with Crippen molar-refractivity contribution in [1.29, 1.82) is 0 Å². The maximum absolute atomic E-state index is 13.4. The summed E-state index contributed by atoms with van der Waals surface area (Å²) in [5, 5.41) is 31.3. The predicted octanol–water partition coefficient (Wildman–Crippen LogP) is 0.617. The minimum absolute atomic E-state index is 0.134. The molecule has 7 nitrogen and oxygen atoms in total. The molecule has 1 aliphatic carbocycles. The van der Waals surface area contributed by atoms with Gasteiger partial charge in [-0.05, 0) is 24.1 Å². The highest BCUT2D eigenvalue weighted by molar-refractivity contribution is 5.46. The Labute approximate surface area is 148 Å². The number of aliphatic hydroxyl groups is 3. The molecule has 0 bridgehead atoms. The SMILES string of the molecule is CN(c1cc(N)ncn1)[C@@H]1C[C@H]([C@@H](O)c2ccc(F)c(F)c2)[C@@H](O)[C@H]1O. The van der Waals surface area contributed by atoms with E-state index in [0.717, 1.165) is 12.1 Å². The van der Waals surface area contributed by atoms with Gasteiger partial charge in [0.2, 0.25) is 0 Å². The van der Waals surface area contributed by atoms with Crippen LogP contribution in [0.3, 0.4) is 0 Å². The van der Waals surface area contributed by atoms with Crippen LogP contribution in [0.25, 0.3) is 0 Å². The largest absolute Gasteiger partial charge is 0.390 e. The lowest BCUT2D eigenvalue weighted by atomic mass is 9.92. The van der Waals surface area contributed by atoms with Crippen molar-refractivity contribution in [2.24, 2.45) is 5.92 Å². The zero-order chi connectivity index (χ0) is 19.0. The summed E-state index contributed by atoms with van der Waals surface area (Å²) in [5.41, 5.74) is 5.77. The lowest BCUT2D eigenvalue weighted by molar-refractivity contribution is -0.0232. The van der Waals surface area contributed by atoms with Crippen LogP contribution >= 0.6 is 0 Å². The minimum Gasteiger partial charge on any atom is -0.390 e.